The van der Waals surface area contributed by atoms with E-state index in [9.17, 15) is 9.59 Å². The second kappa shape index (κ2) is 8.31. The molecule has 1 saturated heterocycles. The third-order valence-corrected chi connectivity index (χ3v) is 3.87. The third kappa shape index (κ3) is 4.68. The van der Waals surface area contributed by atoms with Crippen molar-refractivity contribution in [3.05, 3.63) is 12.4 Å². The molecule has 1 amide bonds. The van der Waals surface area contributed by atoms with Crippen LogP contribution in [0.3, 0.4) is 0 Å². The van der Waals surface area contributed by atoms with Crippen LogP contribution in [-0.2, 0) is 19.9 Å². The SMILES string of the molecule is CCOC(=O)C(C)(C)n1cc(NC(=O)C2CCCNC2)cn1.Cl. The molecular formula is C15H25ClN4O3. The summed E-state index contributed by atoms with van der Waals surface area (Å²) in [7, 11) is 0. The normalized spacial score (nSPS) is 18.0. The Morgan fingerprint density at radius 1 is 1.52 bits per heavy atom. The number of halogens is 1. The summed E-state index contributed by atoms with van der Waals surface area (Å²) in [5.41, 5.74) is -0.321. The van der Waals surface area contributed by atoms with E-state index in [1.54, 1.807) is 33.2 Å². The number of hydrogen-bond acceptors (Lipinski definition) is 5. The van der Waals surface area contributed by atoms with Crippen molar-refractivity contribution in [3.8, 4) is 0 Å². The van der Waals surface area contributed by atoms with Crippen LogP contribution in [0.1, 0.15) is 33.6 Å². The van der Waals surface area contributed by atoms with Gasteiger partial charge in [-0.2, -0.15) is 5.10 Å². The zero-order chi connectivity index (χ0) is 16.2. The van der Waals surface area contributed by atoms with Crippen LogP contribution in [0.5, 0.6) is 0 Å². The van der Waals surface area contributed by atoms with E-state index in [0.717, 1.165) is 19.4 Å². The van der Waals surface area contributed by atoms with Crippen LogP contribution in [0.15, 0.2) is 12.4 Å². The van der Waals surface area contributed by atoms with Crippen molar-refractivity contribution >= 4 is 30.0 Å². The first-order valence-corrected chi connectivity index (χ1v) is 7.69. The van der Waals surface area contributed by atoms with Crippen molar-refractivity contribution < 1.29 is 14.3 Å². The number of amides is 1. The van der Waals surface area contributed by atoms with Gasteiger partial charge >= 0.3 is 5.97 Å². The molecule has 1 aliphatic rings. The summed E-state index contributed by atoms with van der Waals surface area (Å²) in [4.78, 5) is 24.1. The fourth-order valence-electron chi connectivity index (χ4n) is 2.41. The molecule has 1 aromatic rings. The second-order valence-electron chi connectivity index (χ2n) is 5.99. The van der Waals surface area contributed by atoms with E-state index >= 15 is 0 Å². The van der Waals surface area contributed by atoms with Gasteiger partial charge in [-0.1, -0.05) is 0 Å². The summed E-state index contributed by atoms with van der Waals surface area (Å²) in [6, 6.07) is 0. The molecular weight excluding hydrogens is 320 g/mol. The van der Waals surface area contributed by atoms with Gasteiger partial charge < -0.3 is 15.4 Å². The number of carbonyl (C=O) groups is 2. The van der Waals surface area contributed by atoms with E-state index in [0.29, 0.717) is 18.8 Å². The number of nitrogens with one attached hydrogen (secondary N) is 2. The number of piperidine rings is 1. The molecule has 0 aliphatic carbocycles. The van der Waals surface area contributed by atoms with Gasteiger partial charge in [-0.25, -0.2) is 4.79 Å². The lowest BCUT2D eigenvalue weighted by atomic mass is 9.99. The highest BCUT2D eigenvalue weighted by Gasteiger charge is 2.32. The minimum Gasteiger partial charge on any atom is -0.464 e. The Morgan fingerprint density at radius 3 is 2.87 bits per heavy atom. The maximum Gasteiger partial charge on any atom is 0.333 e. The van der Waals surface area contributed by atoms with E-state index in [2.05, 4.69) is 15.7 Å². The highest BCUT2D eigenvalue weighted by atomic mass is 35.5. The number of aromatic nitrogens is 2. The van der Waals surface area contributed by atoms with Gasteiger partial charge in [0.05, 0.1) is 24.4 Å². The van der Waals surface area contributed by atoms with Crippen molar-refractivity contribution in [3.63, 3.8) is 0 Å². The van der Waals surface area contributed by atoms with Crippen molar-refractivity contribution in [1.82, 2.24) is 15.1 Å². The Kier molecular flexibility index (Phi) is 7.02. The lowest BCUT2D eigenvalue weighted by Crippen LogP contribution is -2.38. The number of hydrogen-bond donors (Lipinski definition) is 2. The number of ether oxygens (including phenoxy) is 1. The molecule has 1 atom stereocenters. The summed E-state index contributed by atoms with van der Waals surface area (Å²) in [5.74, 6) is -0.386. The third-order valence-electron chi connectivity index (χ3n) is 3.87. The molecule has 7 nitrogen and oxygen atoms in total. The molecule has 8 heteroatoms. The first-order chi connectivity index (χ1) is 10.4. The van der Waals surface area contributed by atoms with Crippen molar-refractivity contribution in [1.29, 1.82) is 0 Å². The molecule has 0 aromatic carbocycles. The molecule has 0 saturated carbocycles. The molecule has 1 fully saturated rings. The fourth-order valence-corrected chi connectivity index (χ4v) is 2.41. The highest BCUT2D eigenvalue weighted by molar-refractivity contribution is 5.92. The molecule has 1 unspecified atom stereocenters. The molecule has 2 N–H and O–H groups in total. The molecule has 2 heterocycles. The molecule has 0 bridgehead atoms. The van der Waals surface area contributed by atoms with Gasteiger partial charge in [-0.05, 0) is 40.2 Å². The fraction of sp³-hybridized carbons (Fsp3) is 0.667. The van der Waals surface area contributed by atoms with E-state index < -0.39 is 5.54 Å². The van der Waals surface area contributed by atoms with Crippen molar-refractivity contribution in [2.45, 2.75) is 39.2 Å². The molecule has 0 spiro atoms. The minimum absolute atomic E-state index is 0. The Balaban J connectivity index is 0.00000264. The average Bonchev–Trinajstić information content (AvgIpc) is 2.97. The average molecular weight is 345 g/mol. The topological polar surface area (TPSA) is 85.2 Å². The van der Waals surface area contributed by atoms with Gasteiger partial charge in [0.25, 0.3) is 0 Å². The van der Waals surface area contributed by atoms with Gasteiger partial charge in [0.1, 0.15) is 0 Å². The predicted octanol–water partition coefficient (Wildman–Crippen LogP) is 1.54. The molecule has 1 aliphatic heterocycles. The van der Waals surface area contributed by atoms with Gasteiger partial charge in [0.15, 0.2) is 5.54 Å². The van der Waals surface area contributed by atoms with Gasteiger partial charge in [-0.15, -0.1) is 12.4 Å². The van der Waals surface area contributed by atoms with Crippen molar-refractivity contribution in [2.24, 2.45) is 5.92 Å². The number of carbonyl (C=O) groups excluding carboxylic acids is 2. The molecule has 2 rings (SSSR count). The number of rotatable bonds is 5. The van der Waals surface area contributed by atoms with Crippen LogP contribution in [0.4, 0.5) is 5.69 Å². The smallest absolute Gasteiger partial charge is 0.333 e. The van der Waals surface area contributed by atoms with Crippen LogP contribution >= 0.6 is 12.4 Å². The molecule has 130 valence electrons. The van der Waals surface area contributed by atoms with Crippen LogP contribution in [-0.4, -0.2) is 41.4 Å². The van der Waals surface area contributed by atoms with Crippen LogP contribution in [0.25, 0.3) is 0 Å². The number of anilines is 1. The van der Waals surface area contributed by atoms with E-state index in [1.165, 1.54) is 4.68 Å². The lowest BCUT2D eigenvalue weighted by Gasteiger charge is -2.23. The van der Waals surface area contributed by atoms with Gasteiger partial charge in [0.2, 0.25) is 5.91 Å². The highest BCUT2D eigenvalue weighted by Crippen LogP contribution is 2.20. The molecule has 0 radical (unpaired) electrons. The van der Waals surface area contributed by atoms with Gasteiger partial charge in [-0.3, -0.25) is 9.48 Å². The van der Waals surface area contributed by atoms with Crippen molar-refractivity contribution in [2.75, 3.05) is 25.0 Å². The standard InChI is InChI=1S/C15H24N4O3.ClH/c1-4-22-14(21)15(2,3)19-10-12(9-17-19)18-13(20)11-6-5-7-16-8-11;/h9-11,16H,4-8H2,1-3H3,(H,18,20);1H. The zero-order valence-electron chi connectivity index (χ0n) is 13.8. The van der Waals surface area contributed by atoms with E-state index in [1.807, 2.05) is 0 Å². The maximum atomic E-state index is 12.2. The Morgan fingerprint density at radius 2 is 2.26 bits per heavy atom. The first-order valence-electron chi connectivity index (χ1n) is 7.69. The zero-order valence-corrected chi connectivity index (χ0v) is 14.6. The maximum absolute atomic E-state index is 12.2. The summed E-state index contributed by atoms with van der Waals surface area (Å²) in [5, 5.41) is 10.3. The summed E-state index contributed by atoms with van der Waals surface area (Å²) in [6.07, 6.45) is 5.11. The summed E-state index contributed by atoms with van der Waals surface area (Å²) in [6.45, 7) is 7.22. The number of esters is 1. The quantitative estimate of drug-likeness (QED) is 0.791. The summed E-state index contributed by atoms with van der Waals surface area (Å²) < 4.78 is 6.56. The summed E-state index contributed by atoms with van der Waals surface area (Å²) >= 11 is 0. The Bertz CT molecular complexity index is 539. The Hall–Kier alpha value is -1.60. The predicted molar refractivity (Wildman–Crippen MR) is 89.7 cm³/mol. The monoisotopic (exact) mass is 344 g/mol. The van der Waals surface area contributed by atoms with E-state index in [-0.39, 0.29) is 30.2 Å². The van der Waals surface area contributed by atoms with Crippen LogP contribution in [0.2, 0.25) is 0 Å². The lowest BCUT2D eigenvalue weighted by molar-refractivity contribution is -0.152. The second-order valence-corrected chi connectivity index (χ2v) is 5.99. The number of nitrogens with zero attached hydrogens (tertiary/aromatic N) is 2. The largest absolute Gasteiger partial charge is 0.464 e. The molecule has 23 heavy (non-hydrogen) atoms. The van der Waals surface area contributed by atoms with E-state index in [4.69, 9.17) is 4.74 Å². The van der Waals surface area contributed by atoms with Crippen LogP contribution in [0, 0.1) is 5.92 Å². The first kappa shape index (κ1) is 19.4. The Labute approximate surface area is 142 Å². The minimum atomic E-state index is -0.911. The van der Waals surface area contributed by atoms with Crippen LogP contribution < -0.4 is 10.6 Å². The molecule has 1 aromatic heterocycles. The van der Waals surface area contributed by atoms with Gasteiger partial charge in [0, 0.05) is 12.7 Å².